The first-order valence-electron chi connectivity index (χ1n) is 6.49. The maximum absolute atomic E-state index is 11.5. The second-order valence-electron chi connectivity index (χ2n) is 4.58. The summed E-state index contributed by atoms with van der Waals surface area (Å²) in [6.45, 7) is 6.59. The highest BCUT2D eigenvalue weighted by Gasteiger charge is 2.28. The van der Waals surface area contributed by atoms with E-state index in [1.807, 2.05) is 6.92 Å². The van der Waals surface area contributed by atoms with Gasteiger partial charge in [0.15, 0.2) is 0 Å². The second kappa shape index (κ2) is 6.89. The van der Waals surface area contributed by atoms with Crippen LogP contribution < -0.4 is 0 Å². The van der Waals surface area contributed by atoms with Crippen LogP contribution in [0, 0.1) is 5.92 Å². The van der Waals surface area contributed by atoms with Gasteiger partial charge in [0.05, 0.1) is 24.7 Å². The number of hydrogen-bond acceptors (Lipinski definition) is 3. The zero-order valence-electron chi connectivity index (χ0n) is 10.7. The van der Waals surface area contributed by atoms with Crippen LogP contribution in [0.15, 0.2) is 0 Å². The Balaban J connectivity index is 2.25. The molecule has 1 fully saturated rings. The summed E-state index contributed by atoms with van der Waals surface area (Å²) in [6.07, 6.45) is 5.56. The van der Waals surface area contributed by atoms with Crippen LogP contribution in [0.3, 0.4) is 0 Å². The van der Waals surface area contributed by atoms with Gasteiger partial charge in [0.1, 0.15) is 0 Å². The van der Waals surface area contributed by atoms with Crippen molar-refractivity contribution >= 4 is 5.97 Å². The predicted octanol–water partition coefficient (Wildman–Crippen LogP) is 2.92. The molecule has 1 unspecified atom stereocenters. The van der Waals surface area contributed by atoms with E-state index >= 15 is 0 Å². The third-order valence-electron chi connectivity index (χ3n) is 3.29. The fourth-order valence-corrected chi connectivity index (χ4v) is 2.12. The minimum atomic E-state index is -0.0236. The Kier molecular flexibility index (Phi) is 5.81. The summed E-state index contributed by atoms with van der Waals surface area (Å²) < 4.78 is 10.9. The Bertz CT molecular complexity index is 207. The summed E-state index contributed by atoms with van der Waals surface area (Å²) in [6, 6.07) is 0. The lowest BCUT2D eigenvalue weighted by Crippen LogP contribution is -2.29. The molecule has 1 atom stereocenters. The SMILES string of the molecule is CCOC(=O)C1CCC(OC(C)CC)CC1. The van der Waals surface area contributed by atoms with Gasteiger partial charge >= 0.3 is 5.97 Å². The maximum Gasteiger partial charge on any atom is 0.308 e. The molecule has 1 aliphatic carbocycles. The van der Waals surface area contributed by atoms with Crippen molar-refractivity contribution in [1.29, 1.82) is 0 Å². The van der Waals surface area contributed by atoms with Gasteiger partial charge in [-0.05, 0) is 46.0 Å². The zero-order chi connectivity index (χ0) is 12.0. The van der Waals surface area contributed by atoms with Gasteiger partial charge in [0.25, 0.3) is 0 Å². The highest BCUT2D eigenvalue weighted by atomic mass is 16.5. The van der Waals surface area contributed by atoms with Crippen LogP contribution in [0.1, 0.15) is 52.9 Å². The number of hydrogen-bond donors (Lipinski definition) is 0. The summed E-state index contributed by atoms with van der Waals surface area (Å²) >= 11 is 0. The van der Waals surface area contributed by atoms with Crippen molar-refractivity contribution in [2.45, 2.75) is 65.1 Å². The van der Waals surface area contributed by atoms with E-state index in [9.17, 15) is 4.79 Å². The fraction of sp³-hybridized carbons (Fsp3) is 0.923. The molecule has 0 N–H and O–H groups in total. The van der Waals surface area contributed by atoms with Crippen molar-refractivity contribution in [2.75, 3.05) is 6.61 Å². The van der Waals surface area contributed by atoms with E-state index in [1.165, 1.54) is 0 Å². The molecule has 0 bridgehead atoms. The topological polar surface area (TPSA) is 35.5 Å². The van der Waals surface area contributed by atoms with Gasteiger partial charge in [-0.2, -0.15) is 0 Å². The highest BCUT2D eigenvalue weighted by Crippen LogP contribution is 2.28. The van der Waals surface area contributed by atoms with Crippen LogP contribution in [-0.4, -0.2) is 24.8 Å². The molecular weight excluding hydrogens is 204 g/mol. The molecule has 1 rings (SSSR count). The molecular formula is C13H24O3. The maximum atomic E-state index is 11.5. The predicted molar refractivity (Wildman–Crippen MR) is 63.2 cm³/mol. The molecule has 0 aromatic carbocycles. The summed E-state index contributed by atoms with van der Waals surface area (Å²) in [4.78, 5) is 11.5. The average molecular weight is 228 g/mol. The Labute approximate surface area is 98.5 Å². The number of rotatable bonds is 5. The van der Waals surface area contributed by atoms with Crippen LogP contribution in [0.4, 0.5) is 0 Å². The van der Waals surface area contributed by atoms with Crippen molar-refractivity contribution in [1.82, 2.24) is 0 Å². The van der Waals surface area contributed by atoms with Gasteiger partial charge in [-0.1, -0.05) is 6.92 Å². The summed E-state index contributed by atoms with van der Waals surface area (Å²) in [5, 5.41) is 0. The van der Waals surface area contributed by atoms with E-state index in [2.05, 4.69) is 13.8 Å². The summed E-state index contributed by atoms with van der Waals surface area (Å²) in [5.74, 6) is 0.0845. The van der Waals surface area contributed by atoms with Crippen LogP contribution in [0.25, 0.3) is 0 Å². The van der Waals surface area contributed by atoms with Crippen molar-refractivity contribution in [3.05, 3.63) is 0 Å². The lowest BCUT2D eigenvalue weighted by Gasteiger charge is -2.29. The fourth-order valence-electron chi connectivity index (χ4n) is 2.12. The Morgan fingerprint density at radius 3 is 2.38 bits per heavy atom. The standard InChI is InChI=1S/C13H24O3/c1-4-10(3)16-12-8-6-11(7-9-12)13(14)15-5-2/h10-12H,4-9H2,1-3H3. The molecule has 94 valence electrons. The average Bonchev–Trinajstić information content (AvgIpc) is 2.30. The third kappa shape index (κ3) is 4.12. The van der Waals surface area contributed by atoms with Crippen molar-refractivity contribution < 1.29 is 14.3 Å². The van der Waals surface area contributed by atoms with Crippen LogP contribution in [-0.2, 0) is 14.3 Å². The van der Waals surface area contributed by atoms with Gasteiger partial charge in [-0.15, -0.1) is 0 Å². The lowest BCUT2D eigenvalue weighted by atomic mass is 9.87. The van der Waals surface area contributed by atoms with E-state index in [0.29, 0.717) is 18.8 Å². The number of carbonyl (C=O) groups is 1. The van der Waals surface area contributed by atoms with Crippen LogP contribution in [0.5, 0.6) is 0 Å². The molecule has 0 heterocycles. The van der Waals surface area contributed by atoms with Gasteiger partial charge in [0.2, 0.25) is 0 Å². The van der Waals surface area contributed by atoms with E-state index in [4.69, 9.17) is 9.47 Å². The van der Waals surface area contributed by atoms with Crippen molar-refractivity contribution in [2.24, 2.45) is 5.92 Å². The Hall–Kier alpha value is -0.570. The van der Waals surface area contributed by atoms with Crippen molar-refractivity contribution in [3.8, 4) is 0 Å². The summed E-state index contributed by atoms with van der Waals surface area (Å²) in [5.41, 5.74) is 0. The molecule has 0 aliphatic heterocycles. The molecule has 0 aromatic heterocycles. The number of ether oxygens (including phenoxy) is 2. The smallest absolute Gasteiger partial charge is 0.308 e. The third-order valence-corrected chi connectivity index (χ3v) is 3.29. The molecule has 1 aliphatic rings. The van der Waals surface area contributed by atoms with Gasteiger partial charge in [-0.3, -0.25) is 4.79 Å². The first-order valence-corrected chi connectivity index (χ1v) is 6.49. The van der Waals surface area contributed by atoms with Crippen LogP contribution in [0.2, 0.25) is 0 Å². The first-order chi connectivity index (χ1) is 7.67. The Morgan fingerprint density at radius 1 is 1.25 bits per heavy atom. The minimum Gasteiger partial charge on any atom is -0.466 e. The molecule has 0 spiro atoms. The molecule has 0 radical (unpaired) electrons. The molecule has 0 amide bonds. The molecule has 0 saturated heterocycles. The highest BCUT2D eigenvalue weighted by molar-refractivity contribution is 5.72. The zero-order valence-corrected chi connectivity index (χ0v) is 10.7. The second-order valence-corrected chi connectivity index (χ2v) is 4.58. The molecule has 3 nitrogen and oxygen atoms in total. The van der Waals surface area contributed by atoms with Gasteiger partial charge in [-0.25, -0.2) is 0 Å². The monoisotopic (exact) mass is 228 g/mol. The van der Waals surface area contributed by atoms with E-state index in [0.717, 1.165) is 32.1 Å². The van der Waals surface area contributed by atoms with E-state index < -0.39 is 0 Å². The summed E-state index contributed by atoms with van der Waals surface area (Å²) in [7, 11) is 0. The first kappa shape index (κ1) is 13.5. The van der Waals surface area contributed by atoms with E-state index in [-0.39, 0.29) is 11.9 Å². The van der Waals surface area contributed by atoms with Crippen molar-refractivity contribution in [3.63, 3.8) is 0 Å². The van der Waals surface area contributed by atoms with E-state index in [1.54, 1.807) is 0 Å². The molecule has 0 aromatic rings. The lowest BCUT2D eigenvalue weighted by molar-refractivity contribution is -0.150. The van der Waals surface area contributed by atoms with Gasteiger partial charge in [0, 0.05) is 0 Å². The largest absolute Gasteiger partial charge is 0.466 e. The minimum absolute atomic E-state index is 0.0236. The number of carbonyl (C=O) groups excluding carboxylic acids is 1. The normalized spacial score (nSPS) is 27.4. The van der Waals surface area contributed by atoms with Gasteiger partial charge < -0.3 is 9.47 Å². The molecule has 3 heteroatoms. The Morgan fingerprint density at radius 2 is 1.88 bits per heavy atom. The molecule has 16 heavy (non-hydrogen) atoms. The quantitative estimate of drug-likeness (QED) is 0.679. The number of esters is 1. The molecule has 1 saturated carbocycles. The van der Waals surface area contributed by atoms with Crippen LogP contribution >= 0.6 is 0 Å².